The summed E-state index contributed by atoms with van der Waals surface area (Å²) in [4.78, 5) is 5.24. The number of hydrogen-bond acceptors (Lipinski definition) is 3. The van der Waals surface area contributed by atoms with Crippen molar-refractivity contribution in [2.45, 2.75) is 35.8 Å². The molecule has 2 nitrogen and oxygen atoms in total. The number of hydrogen-bond donors (Lipinski definition) is 1. The lowest BCUT2D eigenvalue weighted by atomic mass is 10.4. The molecule has 70 valence electrons. The van der Waals surface area contributed by atoms with Gasteiger partial charge in [0.15, 0.2) is 0 Å². The van der Waals surface area contributed by atoms with Gasteiger partial charge in [0.05, 0.1) is 0 Å². The standard InChI is InChI=1S/C10H14N2S/c11-10-7-9(5-6-12-10)13-8-3-1-2-4-8/h5-8H,1-4H2,(H2,11,12). The highest BCUT2D eigenvalue weighted by atomic mass is 32.2. The Morgan fingerprint density at radius 2 is 2.15 bits per heavy atom. The van der Waals surface area contributed by atoms with Crippen molar-refractivity contribution >= 4 is 17.6 Å². The zero-order valence-electron chi connectivity index (χ0n) is 7.57. The van der Waals surface area contributed by atoms with Crippen molar-refractivity contribution in [1.29, 1.82) is 0 Å². The summed E-state index contributed by atoms with van der Waals surface area (Å²) < 4.78 is 0. The Balaban J connectivity index is 2.00. The molecule has 0 unspecified atom stereocenters. The molecule has 1 aromatic heterocycles. The monoisotopic (exact) mass is 194 g/mol. The summed E-state index contributed by atoms with van der Waals surface area (Å²) in [5.74, 6) is 0.628. The molecule has 1 saturated carbocycles. The molecule has 1 aliphatic carbocycles. The van der Waals surface area contributed by atoms with Gasteiger partial charge in [-0.15, -0.1) is 11.8 Å². The van der Waals surface area contributed by atoms with Gasteiger partial charge in [0.2, 0.25) is 0 Å². The summed E-state index contributed by atoms with van der Waals surface area (Å²) in [6.07, 6.45) is 7.27. The molecule has 0 aromatic carbocycles. The number of anilines is 1. The normalized spacial score (nSPS) is 17.8. The minimum atomic E-state index is 0.628. The lowest BCUT2D eigenvalue weighted by molar-refractivity contribution is 0.886. The number of rotatable bonds is 2. The second kappa shape index (κ2) is 4.01. The molecule has 13 heavy (non-hydrogen) atoms. The first-order valence-corrected chi connectivity index (χ1v) is 5.61. The summed E-state index contributed by atoms with van der Waals surface area (Å²) in [6, 6.07) is 4.00. The van der Waals surface area contributed by atoms with Crippen LogP contribution in [-0.2, 0) is 0 Å². The maximum absolute atomic E-state index is 5.61. The predicted molar refractivity (Wildman–Crippen MR) is 56.8 cm³/mol. The van der Waals surface area contributed by atoms with E-state index in [2.05, 4.69) is 4.98 Å². The minimum absolute atomic E-state index is 0.628. The first kappa shape index (κ1) is 8.88. The fourth-order valence-electron chi connectivity index (χ4n) is 1.70. The molecule has 1 aromatic rings. The van der Waals surface area contributed by atoms with Crippen LogP contribution < -0.4 is 5.73 Å². The predicted octanol–water partition coefficient (Wildman–Crippen LogP) is 2.70. The number of nitrogen functional groups attached to an aromatic ring is 1. The second-order valence-corrected chi connectivity index (χ2v) is 4.81. The molecule has 1 aliphatic rings. The maximum atomic E-state index is 5.61. The Morgan fingerprint density at radius 1 is 1.38 bits per heavy atom. The van der Waals surface area contributed by atoms with Crippen LogP contribution in [0, 0.1) is 0 Å². The number of pyridine rings is 1. The topological polar surface area (TPSA) is 38.9 Å². The summed E-state index contributed by atoms with van der Waals surface area (Å²) in [7, 11) is 0. The molecule has 0 atom stereocenters. The van der Waals surface area contributed by atoms with E-state index >= 15 is 0 Å². The molecule has 0 saturated heterocycles. The smallest absolute Gasteiger partial charge is 0.124 e. The largest absolute Gasteiger partial charge is 0.384 e. The van der Waals surface area contributed by atoms with E-state index in [-0.39, 0.29) is 0 Å². The van der Waals surface area contributed by atoms with E-state index in [9.17, 15) is 0 Å². The quantitative estimate of drug-likeness (QED) is 0.786. The van der Waals surface area contributed by atoms with Gasteiger partial charge < -0.3 is 5.73 Å². The van der Waals surface area contributed by atoms with Crippen molar-refractivity contribution in [1.82, 2.24) is 4.98 Å². The molecule has 1 fully saturated rings. The van der Waals surface area contributed by atoms with Crippen LogP contribution >= 0.6 is 11.8 Å². The second-order valence-electron chi connectivity index (χ2n) is 3.44. The van der Waals surface area contributed by atoms with Crippen LogP contribution in [0.5, 0.6) is 0 Å². The average molecular weight is 194 g/mol. The fourth-order valence-corrected chi connectivity index (χ4v) is 2.98. The van der Waals surface area contributed by atoms with Crippen LogP contribution in [0.25, 0.3) is 0 Å². The van der Waals surface area contributed by atoms with Crippen LogP contribution in [0.3, 0.4) is 0 Å². The van der Waals surface area contributed by atoms with Gasteiger partial charge in [-0.1, -0.05) is 12.8 Å². The maximum Gasteiger partial charge on any atom is 0.124 e. The van der Waals surface area contributed by atoms with E-state index in [1.165, 1.54) is 30.6 Å². The lowest BCUT2D eigenvalue weighted by Crippen LogP contribution is -1.94. The number of nitrogens with zero attached hydrogens (tertiary/aromatic N) is 1. The van der Waals surface area contributed by atoms with Gasteiger partial charge in [-0.05, 0) is 25.0 Å². The summed E-state index contributed by atoms with van der Waals surface area (Å²) in [5.41, 5.74) is 5.61. The van der Waals surface area contributed by atoms with Crippen molar-refractivity contribution in [3.63, 3.8) is 0 Å². The summed E-state index contributed by atoms with van der Waals surface area (Å²) in [5, 5.41) is 0.807. The SMILES string of the molecule is Nc1cc(SC2CCCC2)ccn1. The molecular weight excluding hydrogens is 180 g/mol. The van der Waals surface area contributed by atoms with Gasteiger partial charge >= 0.3 is 0 Å². The third-order valence-corrected chi connectivity index (χ3v) is 3.69. The Labute approximate surface area is 82.9 Å². The van der Waals surface area contributed by atoms with Crippen LogP contribution in [0.4, 0.5) is 5.82 Å². The van der Waals surface area contributed by atoms with Crippen LogP contribution in [0.15, 0.2) is 23.2 Å². The molecule has 2 rings (SSSR count). The zero-order valence-corrected chi connectivity index (χ0v) is 8.39. The third-order valence-electron chi connectivity index (χ3n) is 2.36. The van der Waals surface area contributed by atoms with E-state index in [0.29, 0.717) is 5.82 Å². The highest BCUT2D eigenvalue weighted by molar-refractivity contribution is 8.00. The van der Waals surface area contributed by atoms with Gasteiger partial charge in [0.1, 0.15) is 5.82 Å². The van der Waals surface area contributed by atoms with E-state index in [4.69, 9.17) is 5.73 Å². The van der Waals surface area contributed by atoms with Crippen LogP contribution in [0.1, 0.15) is 25.7 Å². The van der Waals surface area contributed by atoms with Crippen molar-refractivity contribution in [3.05, 3.63) is 18.3 Å². The molecule has 0 aliphatic heterocycles. The Morgan fingerprint density at radius 3 is 2.85 bits per heavy atom. The Bertz CT molecular complexity index is 282. The van der Waals surface area contributed by atoms with Crippen LogP contribution in [0.2, 0.25) is 0 Å². The Kier molecular flexibility index (Phi) is 2.74. The van der Waals surface area contributed by atoms with Gasteiger partial charge in [-0.3, -0.25) is 0 Å². The highest BCUT2D eigenvalue weighted by Crippen LogP contribution is 2.34. The van der Waals surface area contributed by atoms with Gasteiger partial charge in [0, 0.05) is 16.3 Å². The fraction of sp³-hybridized carbons (Fsp3) is 0.500. The molecule has 3 heteroatoms. The number of nitrogens with two attached hydrogens (primary N) is 1. The van der Waals surface area contributed by atoms with Crippen molar-refractivity contribution in [3.8, 4) is 0 Å². The minimum Gasteiger partial charge on any atom is -0.384 e. The molecule has 1 heterocycles. The molecule has 0 radical (unpaired) electrons. The van der Waals surface area contributed by atoms with E-state index < -0.39 is 0 Å². The third kappa shape index (κ3) is 2.37. The molecule has 0 bridgehead atoms. The first-order valence-electron chi connectivity index (χ1n) is 4.73. The summed E-state index contributed by atoms with van der Waals surface area (Å²) >= 11 is 1.95. The van der Waals surface area contributed by atoms with Crippen LogP contribution in [-0.4, -0.2) is 10.2 Å². The molecule has 0 spiro atoms. The van der Waals surface area contributed by atoms with Gasteiger partial charge in [0.25, 0.3) is 0 Å². The van der Waals surface area contributed by atoms with E-state index in [1.54, 1.807) is 6.20 Å². The number of thioether (sulfide) groups is 1. The zero-order chi connectivity index (χ0) is 9.10. The lowest BCUT2D eigenvalue weighted by Gasteiger charge is -2.07. The van der Waals surface area contributed by atoms with E-state index in [1.807, 2.05) is 23.9 Å². The molecule has 2 N–H and O–H groups in total. The molecule has 0 amide bonds. The van der Waals surface area contributed by atoms with Crippen molar-refractivity contribution in [2.24, 2.45) is 0 Å². The number of aromatic nitrogens is 1. The average Bonchev–Trinajstić information content (AvgIpc) is 2.57. The molecular formula is C10H14N2S. The van der Waals surface area contributed by atoms with Crippen molar-refractivity contribution < 1.29 is 0 Å². The summed E-state index contributed by atoms with van der Waals surface area (Å²) in [6.45, 7) is 0. The van der Waals surface area contributed by atoms with Gasteiger partial charge in [-0.25, -0.2) is 4.98 Å². The van der Waals surface area contributed by atoms with Crippen molar-refractivity contribution in [2.75, 3.05) is 5.73 Å². The Hall–Kier alpha value is -0.700. The first-order chi connectivity index (χ1) is 6.34. The van der Waals surface area contributed by atoms with E-state index in [0.717, 1.165) is 5.25 Å². The van der Waals surface area contributed by atoms with Gasteiger partial charge in [-0.2, -0.15) is 0 Å². The highest BCUT2D eigenvalue weighted by Gasteiger charge is 2.15.